The van der Waals surface area contributed by atoms with E-state index in [9.17, 15) is 9.90 Å². The van der Waals surface area contributed by atoms with Crippen LogP contribution in [0.15, 0.2) is 24.3 Å². The summed E-state index contributed by atoms with van der Waals surface area (Å²) in [6, 6.07) is 7.90. The maximum Gasteiger partial charge on any atom is 0.314 e. The second-order valence-corrected chi connectivity index (χ2v) is 5.45. The van der Waals surface area contributed by atoms with Crippen LogP contribution in [0.5, 0.6) is 0 Å². The van der Waals surface area contributed by atoms with Gasteiger partial charge in [0.2, 0.25) is 0 Å². The van der Waals surface area contributed by atoms with Crippen LogP contribution >= 0.6 is 0 Å². The number of ether oxygens (including phenoxy) is 1. The smallest absolute Gasteiger partial charge is 0.314 e. The molecule has 2 rings (SSSR count). The Labute approximate surface area is 114 Å². The van der Waals surface area contributed by atoms with Gasteiger partial charge in [0.1, 0.15) is 0 Å². The molecule has 0 radical (unpaired) electrons. The molecule has 1 aromatic rings. The summed E-state index contributed by atoms with van der Waals surface area (Å²) >= 11 is 0. The number of carboxylic acid groups (broad SMARTS) is 1. The van der Waals surface area contributed by atoms with E-state index in [0.29, 0.717) is 0 Å². The third-order valence-corrected chi connectivity index (χ3v) is 4.38. The second-order valence-electron chi connectivity index (χ2n) is 5.45. The lowest BCUT2D eigenvalue weighted by Gasteiger charge is -2.34. The number of hydrogen-bond acceptors (Lipinski definition) is 2. The zero-order valence-corrected chi connectivity index (χ0v) is 11.7. The number of rotatable bonds is 4. The van der Waals surface area contributed by atoms with E-state index in [1.54, 1.807) is 7.11 Å². The highest BCUT2D eigenvalue weighted by Crippen LogP contribution is 2.40. The van der Waals surface area contributed by atoms with Crippen LogP contribution in [0.3, 0.4) is 0 Å². The predicted octanol–water partition coefficient (Wildman–Crippen LogP) is 3.68. The molecule has 0 aliphatic heterocycles. The average Bonchev–Trinajstić information content (AvgIpc) is 2.47. The quantitative estimate of drug-likeness (QED) is 0.900. The van der Waals surface area contributed by atoms with E-state index in [1.807, 2.05) is 31.2 Å². The molecule has 0 heterocycles. The predicted molar refractivity (Wildman–Crippen MR) is 74.3 cm³/mol. The number of aliphatic carboxylic acids is 1. The van der Waals surface area contributed by atoms with Gasteiger partial charge in [-0.25, -0.2) is 0 Å². The number of methoxy groups -OCH3 is 1. The first-order valence-electron chi connectivity index (χ1n) is 6.97. The standard InChI is InChI=1S/C16H22O3/c1-12(19-2)13-7-6-8-14(11-13)16(15(17)18)9-4-3-5-10-16/h6-8,11-12H,3-5,9-10H2,1-2H3,(H,17,18). The van der Waals surface area contributed by atoms with Gasteiger partial charge in [0.25, 0.3) is 0 Å². The summed E-state index contributed by atoms with van der Waals surface area (Å²) < 4.78 is 5.32. The fourth-order valence-electron chi connectivity index (χ4n) is 3.01. The minimum atomic E-state index is -0.693. The zero-order chi connectivity index (χ0) is 13.9. The van der Waals surface area contributed by atoms with Crippen molar-refractivity contribution in [1.82, 2.24) is 0 Å². The molecular formula is C16H22O3. The van der Waals surface area contributed by atoms with Crippen molar-refractivity contribution in [2.24, 2.45) is 0 Å². The Morgan fingerprint density at radius 1 is 1.32 bits per heavy atom. The fraction of sp³-hybridized carbons (Fsp3) is 0.562. The normalized spacial score (nSPS) is 19.9. The highest BCUT2D eigenvalue weighted by molar-refractivity contribution is 5.81. The van der Waals surface area contributed by atoms with Crippen LogP contribution in [0.4, 0.5) is 0 Å². The van der Waals surface area contributed by atoms with Crippen LogP contribution in [0.1, 0.15) is 56.3 Å². The van der Waals surface area contributed by atoms with E-state index in [2.05, 4.69) is 0 Å². The molecule has 0 saturated heterocycles. The molecule has 104 valence electrons. The molecule has 1 aliphatic rings. The van der Waals surface area contributed by atoms with Crippen molar-refractivity contribution < 1.29 is 14.6 Å². The number of carboxylic acids is 1. The molecule has 1 aliphatic carbocycles. The van der Waals surface area contributed by atoms with Crippen molar-refractivity contribution in [3.8, 4) is 0 Å². The van der Waals surface area contributed by atoms with Crippen molar-refractivity contribution in [1.29, 1.82) is 0 Å². The molecule has 0 spiro atoms. The van der Waals surface area contributed by atoms with Gasteiger partial charge in [0, 0.05) is 7.11 Å². The highest BCUT2D eigenvalue weighted by atomic mass is 16.5. The Hall–Kier alpha value is -1.35. The largest absolute Gasteiger partial charge is 0.481 e. The molecule has 1 unspecified atom stereocenters. The fourth-order valence-corrected chi connectivity index (χ4v) is 3.01. The van der Waals surface area contributed by atoms with Crippen LogP contribution in [0.25, 0.3) is 0 Å². The topological polar surface area (TPSA) is 46.5 Å². The van der Waals surface area contributed by atoms with Gasteiger partial charge in [-0.05, 0) is 30.9 Å². The van der Waals surface area contributed by atoms with Crippen LogP contribution in [-0.4, -0.2) is 18.2 Å². The van der Waals surface area contributed by atoms with E-state index < -0.39 is 11.4 Å². The summed E-state index contributed by atoms with van der Waals surface area (Å²) in [5, 5.41) is 9.70. The van der Waals surface area contributed by atoms with Crippen LogP contribution in [-0.2, 0) is 14.9 Å². The second kappa shape index (κ2) is 5.74. The molecule has 1 atom stereocenters. The monoisotopic (exact) mass is 262 g/mol. The van der Waals surface area contributed by atoms with Gasteiger partial charge in [-0.15, -0.1) is 0 Å². The Balaban J connectivity index is 2.39. The Kier molecular flexibility index (Phi) is 4.25. The number of carbonyl (C=O) groups is 1. The van der Waals surface area contributed by atoms with Gasteiger partial charge in [0.15, 0.2) is 0 Å². The Morgan fingerprint density at radius 3 is 2.58 bits per heavy atom. The third kappa shape index (κ3) is 2.66. The first-order chi connectivity index (χ1) is 9.10. The third-order valence-electron chi connectivity index (χ3n) is 4.38. The Bertz CT molecular complexity index is 447. The summed E-state index contributed by atoms with van der Waals surface area (Å²) in [6.07, 6.45) is 4.62. The van der Waals surface area contributed by atoms with E-state index >= 15 is 0 Å². The SMILES string of the molecule is COC(C)c1cccc(C2(C(=O)O)CCCCC2)c1. The molecule has 3 nitrogen and oxygen atoms in total. The van der Waals surface area contributed by atoms with Crippen molar-refractivity contribution in [2.45, 2.75) is 50.5 Å². The van der Waals surface area contributed by atoms with Crippen molar-refractivity contribution >= 4 is 5.97 Å². The maximum absolute atomic E-state index is 11.8. The molecule has 3 heteroatoms. The van der Waals surface area contributed by atoms with E-state index in [1.165, 1.54) is 0 Å². The first kappa shape index (κ1) is 14.1. The first-order valence-corrected chi connectivity index (χ1v) is 6.97. The number of hydrogen-bond donors (Lipinski definition) is 1. The van der Waals surface area contributed by atoms with Crippen LogP contribution < -0.4 is 0 Å². The summed E-state index contributed by atoms with van der Waals surface area (Å²) in [4.78, 5) is 11.8. The van der Waals surface area contributed by atoms with Crippen molar-refractivity contribution in [2.75, 3.05) is 7.11 Å². The van der Waals surface area contributed by atoms with E-state index in [4.69, 9.17) is 4.74 Å². The average molecular weight is 262 g/mol. The molecule has 1 fully saturated rings. The van der Waals surface area contributed by atoms with Gasteiger partial charge in [-0.3, -0.25) is 4.79 Å². The lowest BCUT2D eigenvalue weighted by molar-refractivity contribution is -0.145. The summed E-state index contributed by atoms with van der Waals surface area (Å²) in [5.74, 6) is -0.686. The van der Waals surface area contributed by atoms with Crippen LogP contribution in [0.2, 0.25) is 0 Å². The van der Waals surface area contributed by atoms with Gasteiger partial charge in [0.05, 0.1) is 11.5 Å². The summed E-state index contributed by atoms with van der Waals surface area (Å²) in [5.41, 5.74) is 1.29. The van der Waals surface area contributed by atoms with Gasteiger partial charge in [-0.1, -0.05) is 43.5 Å². The van der Waals surface area contributed by atoms with Gasteiger partial charge >= 0.3 is 5.97 Å². The molecule has 1 aromatic carbocycles. The Morgan fingerprint density at radius 2 is 2.00 bits per heavy atom. The number of benzene rings is 1. The van der Waals surface area contributed by atoms with Crippen molar-refractivity contribution in [3.63, 3.8) is 0 Å². The van der Waals surface area contributed by atoms with Crippen LogP contribution in [0, 0.1) is 0 Å². The molecule has 1 N–H and O–H groups in total. The minimum Gasteiger partial charge on any atom is -0.481 e. The molecule has 0 bridgehead atoms. The molecule has 19 heavy (non-hydrogen) atoms. The minimum absolute atomic E-state index is 0.00520. The van der Waals surface area contributed by atoms with E-state index in [-0.39, 0.29) is 6.10 Å². The lowest BCUT2D eigenvalue weighted by atomic mass is 9.69. The highest BCUT2D eigenvalue weighted by Gasteiger charge is 2.41. The zero-order valence-electron chi connectivity index (χ0n) is 11.7. The van der Waals surface area contributed by atoms with Gasteiger partial charge in [-0.2, -0.15) is 0 Å². The van der Waals surface area contributed by atoms with E-state index in [0.717, 1.165) is 43.2 Å². The molecule has 1 saturated carbocycles. The maximum atomic E-state index is 11.8. The summed E-state index contributed by atoms with van der Waals surface area (Å²) in [6.45, 7) is 1.98. The lowest BCUT2D eigenvalue weighted by Crippen LogP contribution is -2.37. The summed E-state index contributed by atoms with van der Waals surface area (Å²) in [7, 11) is 1.67. The van der Waals surface area contributed by atoms with Crippen molar-refractivity contribution in [3.05, 3.63) is 35.4 Å². The molecule has 0 amide bonds. The van der Waals surface area contributed by atoms with Gasteiger partial charge < -0.3 is 9.84 Å². The molecule has 0 aromatic heterocycles. The molecular weight excluding hydrogens is 240 g/mol.